The number of rotatable bonds is 8. The predicted molar refractivity (Wildman–Crippen MR) is 156 cm³/mol. The van der Waals surface area contributed by atoms with E-state index in [1.54, 1.807) is 38.1 Å². The van der Waals surface area contributed by atoms with Gasteiger partial charge in [-0.3, -0.25) is 9.59 Å². The molecule has 2 fully saturated rings. The molecule has 0 heterocycles. The van der Waals surface area contributed by atoms with Crippen LogP contribution in [0.2, 0.25) is 0 Å². The monoisotopic (exact) mass is 576 g/mol. The highest BCUT2D eigenvalue weighted by atomic mass is 16.6. The Bertz CT molecular complexity index is 1190. The van der Waals surface area contributed by atoms with Crippen LogP contribution in [0.5, 0.6) is 11.5 Å². The van der Waals surface area contributed by atoms with Gasteiger partial charge in [0, 0.05) is 0 Å². The molecular formula is C34H40O8. The van der Waals surface area contributed by atoms with Crippen molar-refractivity contribution >= 4 is 23.9 Å². The molecule has 2 saturated carbocycles. The minimum Gasteiger partial charge on any atom is -0.459 e. The molecule has 2 aliphatic rings. The number of hydrogen-bond acceptors (Lipinski definition) is 8. The second-order valence-electron chi connectivity index (χ2n) is 11.6. The fourth-order valence-electron chi connectivity index (χ4n) is 5.36. The van der Waals surface area contributed by atoms with Crippen LogP contribution in [0.25, 0.3) is 0 Å². The minimum atomic E-state index is -0.707. The summed E-state index contributed by atoms with van der Waals surface area (Å²) in [5.41, 5.74) is 2.58. The Labute approximate surface area is 247 Å². The molecule has 42 heavy (non-hydrogen) atoms. The van der Waals surface area contributed by atoms with Crippen molar-refractivity contribution < 1.29 is 38.1 Å². The third kappa shape index (κ3) is 8.54. The van der Waals surface area contributed by atoms with Crippen molar-refractivity contribution in [3.05, 3.63) is 70.8 Å². The van der Waals surface area contributed by atoms with Gasteiger partial charge in [-0.1, -0.05) is 41.0 Å². The van der Waals surface area contributed by atoms with E-state index >= 15 is 0 Å². The highest BCUT2D eigenvalue weighted by molar-refractivity contribution is 6.14. The number of benzene rings is 2. The molecule has 0 amide bonds. The molecule has 0 bridgehead atoms. The van der Waals surface area contributed by atoms with Crippen LogP contribution in [-0.2, 0) is 28.7 Å². The normalized spacial score (nSPS) is 21.9. The van der Waals surface area contributed by atoms with Gasteiger partial charge in [0.25, 0.3) is 0 Å². The lowest BCUT2D eigenvalue weighted by Gasteiger charge is -2.28. The third-order valence-corrected chi connectivity index (χ3v) is 7.95. The first-order valence-corrected chi connectivity index (χ1v) is 14.7. The largest absolute Gasteiger partial charge is 0.459 e. The Morgan fingerprint density at radius 1 is 0.548 bits per heavy atom. The molecule has 0 spiro atoms. The van der Waals surface area contributed by atoms with Gasteiger partial charge in [-0.05, 0) is 103 Å². The third-order valence-electron chi connectivity index (χ3n) is 7.95. The molecule has 0 unspecified atom stereocenters. The molecule has 0 aliphatic heterocycles. The van der Waals surface area contributed by atoms with Gasteiger partial charge in [-0.25, -0.2) is 9.59 Å². The van der Waals surface area contributed by atoms with Crippen molar-refractivity contribution in [2.24, 2.45) is 11.8 Å². The minimum absolute atomic E-state index is 0.100. The van der Waals surface area contributed by atoms with E-state index in [2.05, 4.69) is 0 Å². The zero-order chi connectivity index (χ0) is 30.2. The first kappa shape index (κ1) is 31.0. The lowest BCUT2D eigenvalue weighted by atomic mass is 9.87. The van der Waals surface area contributed by atoms with Crippen molar-refractivity contribution in [3.63, 3.8) is 0 Å². The standard InChI is InChI=1S/C34H40O8/c1-21(2)30(33(37)41-28-17-9-24(10-18-28)31(35)39-26-13-5-22(3)6-14-26)34(38)42-29-19-11-25(12-20-29)32(36)40-27-15-7-23(4)8-16-27/h5-8,13-16,24-25,28-29H,9-12,17-20H2,1-4H3. The summed E-state index contributed by atoms with van der Waals surface area (Å²) in [6, 6.07) is 14.6. The maximum atomic E-state index is 13.0. The topological polar surface area (TPSA) is 105 Å². The van der Waals surface area contributed by atoms with E-state index in [-0.39, 0.29) is 29.3 Å². The predicted octanol–water partition coefficient (Wildman–Crippen LogP) is 6.35. The summed E-state index contributed by atoms with van der Waals surface area (Å²) in [6.07, 6.45) is 3.39. The molecule has 0 atom stereocenters. The summed E-state index contributed by atoms with van der Waals surface area (Å²) >= 11 is 0. The highest BCUT2D eigenvalue weighted by Crippen LogP contribution is 2.31. The number of ether oxygens (including phenoxy) is 4. The molecule has 224 valence electrons. The van der Waals surface area contributed by atoms with Gasteiger partial charge in [0.2, 0.25) is 0 Å². The average Bonchev–Trinajstić information content (AvgIpc) is 2.96. The van der Waals surface area contributed by atoms with Crippen LogP contribution in [0.1, 0.15) is 76.3 Å². The second-order valence-corrected chi connectivity index (χ2v) is 11.6. The van der Waals surface area contributed by atoms with Crippen LogP contribution < -0.4 is 9.47 Å². The van der Waals surface area contributed by atoms with Crippen LogP contribution >= 0.6 is 0 Å². The van der Waals surface area contributed by atoms with Crippen molar-refractivity contribution in [3.8, 4) is 11.5 Å². The van der Waals surface area contributed by atoms with Gasteiger partial charge >= 0.3 is 23.9 Å². The molecule has 2 aromatic rings. The fourth-order valence-corrected chi connectivity index (χ4v) is 5.36. The van der Waals surface area contributed by atoms with Crippen LogP contribution in [-0.4, -0.2) is 36.1 Å². The summed E-state index contributed by atoms with van der Waals surface area (Å²) < 4.78 is 22.4. The van der Waals surface area contributed by atoms with Gasteiger partial charge in [0.1, 0.15) is 29.3 Å². The van der Waals surface area contributed by atoms with E-state index in [4.69, 9.17) is 18.9 Å². The van der Waals surface area contributed by atoms with E-state index < -0.39 is 24.1 Å². The van der Waals surface area contributed by atoms with E-state index in [9.17, 15) is 19.2 Å². The average molecular weight is 577 g/mol. The van der Waals surface area contributed by atoms with Crippen molar-refractivity contribution in [2.45, 2.75) is 91.3 Å². The lowest BCUT2D eigenvalue weighted by Crippen LogP contribution is -2.33. The summed E-state index contributed by atoms with van der Waals surface area (Å²) in [5.74, 6) is -1.48. The molecular weight excluding hydrogens is 536 g/mol. The Morgan fingerprint density at radius 3 is 1.19 bits per heavy atom. The molecule has 0 aromatic heterocycles. The number of carbonyl (C=O) groups excluding carboxylic acids is 4. The molecule has 2 aromatic carbocycles. The number of hydrogen-bond donors (Lipinski definition) is 0. The summed E-state index contributed by atoms with van der Waals surface area (Å²) in [4.78, 5) is 51.2. The maximum absolute atomic E-state index is 13.0. The van der Waals surface area contributed by atoms with E-state index in [1.807, 2.05) is 38.1 Å². The highest BCUT2D eigenvalue weighted by Gasteiger charge is 2.34. The van der Waals surface area contributed by atoms with Crippen LogP contribution in [0.15, 0.2) is 59.7 Å². The Kier molecular flexibility index (Phi) is 10.6. The van der Waals surface area contributed by atoms with Crippen LogP contribution in [0.4, 0.5) is 0 Å². The van der Waals surface area contributed by atoms with E-state index in [0.29, 0.717) is 68.4 Å². The van der Waals surface area contributed by atoms with Crippen LogP contribution in [0.3, 0.4) is 0 Å². The fraction of sp³-hybridized carbons (Fsp3) is 0.471. The van der Waals surface area contributed by atoms with Crippen molar-refractivity contribution in [1.82, 2.24) is 0 Å². The molecule has 0 radical (unpaired) electrons. The smallest absolute Gasteiger partial charge is 0.345 e. The number of aryl methyl sites for hydroxylation is 2. The van der Waals surface area contributed by atoms with Gasteiger partial charge in [0.15, 0.2) is 0 Å². The Balaban J connectivity index is 1.21. The molecule has 8 heteroatoms. The quantitative estimate of drug-likeness (QED) is 0.118. The first-order valence-electron chi connectivity index (χ1n) is 14.7. The molecule has 0 N–H and O–H groups in total. The molecule has 0 saturated heterocycles. The Hall–Kier alpha value is -3.94. The summed E-state index contributed by atoms with van der Waals surface area (Å²) in [7, 11) is 0. The van der Waals surface area contributed by atoms with Crippen molar-refractivity contribution in [2.75, 3.05) is 0 Å². The van der Waals surface area contributed by atoms with Crippen LogP contribution in [0, 0.1) is 25.7 Å². The van der Waals surface area contributed by atoms with Gasteiger partial charge in [-0.2, -0.15) is 0 Å². The lowest BCUT2D eigenvalue weighted by molar-refractivity contribution is -0.155. The maximum Gasteiger partial charge on any atom is 0.345 e. The molecule has 8 nitrogen and oxygen atoms in total. The zero-order valence-electron chi connectivity index (χ0n) is 24.9. The zero-order valence-corrected chi connectivity index (χ0v) is 24.9. The van der Waals surface area contributed by atoms with E-state index in [1.165, 1.54) is 0 Å². The summed E-state index contributed by atoms with van der Waals surface area (Å²) in [5, 5.41) is 0. The van der Waals surface area contributed by atoms with Gasteiger partial charge in [-0.15, -0.1) is 0 Å². The number of carbonyl (C=O) groups is 4. The molecule has 2 aliphatic carbocycles. The van der Waals surface area contributed by atoms with E-state index in [0.717, 1.165) is 11.1 Å². The summed E-state index contributed by atoms with van der Waals surface area (Å²) in [6.45, 7) is 7.28. The van der Waals surface area contributed by atoms with Crippen molar-refractivity contribution in [1.29, 1.82) is 0 Å². The SMILES string of the molecule is CC(C)=C(C(=O)OC1CCC(C(=O)Oc2ccc(C)cc2)CC1)C(=O)OC1CCC(C(=O)Oc2ccc(C)cc2)CC1. The second kappa shape index (κ2) is 14.3. The van der Waals surface area contributed by atoms with Gasteiger partial charge in [0.05, 0.1) is 11.8 Å². The molecule has 4 rings (SSSR count). The first-order chi connectivity index (χ1) is 20.1. The number of allylic oxidation sites excluding steroid dienone is 1. The number of esters is 4. The van der Waals surface area contributed by atoms with Gasteiger partial charge < -0.3 is 18.9 Å². The Morgan fingerprint density at radius 2 is 0.881 bits per heavy atom.